The highest BCUT2D eigenvalue weighted by Crippen LogP contribution is 2.31. The van der Waals surface area contributed by atoms with Crippen LogP contribution in [0.4, 0.5) is 5.88 Å². The summed E-state index contributed by atoms with van der Waals surface area (Å²) in [6.45, 7) is 0. The Morgan fingerprint density at radius 1 is 1.20 bits per heavy atom. The van der Waals surface area contributed by atoms with E-state index in [1.165, 1.54) is 24.4 Å². The van der Waals surface area contributed by atoms with Crippen molar-refractivity contribution in [2.75, 3.05) is 0 Å². The van der Waals surface area contributed by atoms with Gasteiger partial charge >= 0.3 is 5.88 Å². The van der Waals surface area contributed by atoms with Gasteiger partial charge in [-0.1, -0.05) is 11.6 Å². The predicted molar refractivity (Wildman–Crippen MR) is 72.3 cm³/mol. The van der Waals surface area contributed by atoms with Crippen LogP contribution < -0.4 is 4.73 Å². The molecule has 7 heteroatoms. The number of halogens is 1. The monoisotopic (exact) mass is 290 g/mol. The van der Waals surface area contributed by atoms with Crippen LogP contribution in [0.5, 0.6) is 0 Å². The Morgan fingerprint density at radius 3 is 2.70 bits per heavy atom. The van der Waals surface area contributed by atoms with Gasteiger partial charge in [-0.2, -0.15) is 4.73 Å². The van der Waals surface area contributed by atoms with Gasteiger partial charge < -0.3 is 9.62 Å². The van der Waals surface area contributed by atoms with E-state index in [1.54, 1.807) is 18.2 Å². The lowest BCUT2D eigenvalue weighted by molar-refractivity contribution is -0.576. The minimum atomic E-state index is -0.612. The molecule has 20 heavy (non-hydrogen) atoms. The third-order valence-electron chi connectivity index (χ3n) is 2.90. The summed E-state index contributed by atoms with van der Waals surface area (Å²) >= 11 is 5.87. The van der Waals surface area contributed by atoms with Gasteiger partial charge in [-0.25, -0.2) is 0 Å². The van der Waals surface area contributed by atoms with Crippen LogP contribution in [0.3, 0.4) is 0 Å². The highest BCUT2D eigenvalue weighted by Gasteiger charge is 2.17. The minimum Gasteiger partial charge on any atom is -0.618 e. The van der Waals surface area contributed by atoms with Crippen molar-refractivity contribution in [2.45, 2.75) is 0 Å². The molecule has 0 radical (unpaired) electrons. The van der Waals surface area contributed by atoms with E-state index in [-0.39, 0.29) is 5.88 Å². The summed E-state index contributed by atoms with van der Waals surface area (Å²) in [5.74, 6) is -0.0226. The number of benzene rings is 1. The first-order valence-electron chi connectivity index (χ1n) is 5.62. The number of nitro groups is 1. The fraction of sp³-hybridized carbons (Fsp3) is 0. The Balaban J connectivity index is 2.25. The van der Waals surface area contributed by atoms with Gasteiger partial charge in [0.05, 0.1) is 11.5 Å². The number of hydrogen-bond donors (Lipinski definition) is 0. The second kappa shape index (κ2) is 4.50. The van der Waals surface area contributed by atoms with E-state index in [9.17, 15) is 15.3 Å². The Morgan fingerprint density at radius 2 is 2.00 bits per heavy atom. The van der Waals surface area contributed by atoms with E-state index in [0.717, 1.165) is 0 Å². The topological polar surface area (TPSA) is 83.2 Å². The molecular formula is C13H7ClN2O4. The highest BCUT2D eigenvalue weighted by atomic mass is 35.5. The first kappa shape index (κ1) is 12.4. The molecule has 0 fully saturated rings. The molecule has 0 aliphatic rings. The molecule has 0 bridgehead atoms. The van der Waals surface area contributed by atoms with Crippen molar-refractivity contribution in [1.82, 2.24) is 0 Å². The molecule has 0 aliphatic heterocycles. The molecule has 0 amide bonds. The van der Waals surface area contributed by atoms with E-state index < -0.39 is 4.92 Å². The number of rotatable bonds is 2. The summed E-state index contributed by atoms with van der Waals surface area (Å²) in [6.07, 6.45) is 1.31. The van der Waals surface area contributed by atoms with Crippen molar-refractivity contribution in [3.63, 3.8) is 0 Å². The van der Waals surface area contributed by atoms with Crippen LogP contribution in [0.2, 0.25) is 5.02 Å². The van der Waals surface area contributed by atoms with Crippen molar-refractivity contribution >= 4 is 28.4 Å². The molecule has 6 nitrogen and oxygen atoms in total. The maximum Gasteiger partial charge on any atom is 0.433 e. The van der Waals surface area contributed by atoms with Gasteiger partial charge in [-0.15, -0.1) is 0 Å². The van der Waals surface area contributed by atoms with E-state index in [4.69, 9.17) is 16.0 Å². The SMILES string of the molecule is O=[N+]([O-])c1ccc(-c2cc[n+]([O-])c3cc(Cl)ccc23)o1. The van der Waals surface area contributed by atoms with Gasteiger partial charge in [-0.05, 0) is 18.2 Å². The highest BCUT2D eigenvalue weighted by molar-refractivity contribution is 6.31. The zero-order chi connectivity index (χ0) is 14.3. The summed E-state index contributed by atoms with van der Waals surface area (Å²) in [6, 6.07) is 9.17. The summed E-state index contributed by atoms with van der Waals surface area (Å²) in [5.41, 5.74) is 0.964. The van der Waals surface area contributed by atoms with Crippen molar-refractivity contribution in [1.29, 1.82) is 0 Å². The number of furan rings is 1. The Bertz CT molecular complexity index is 828. The summed E-state index contributed by atoms with van der Waals surface area (Å²) in [5, 5.41) is 23.4. The molecule has 0 atom stereocenters. The van der Waals surface area contributed by atoms with Crippen molar-refractivity contribution < 1.29 is 14.1 Å². The quantitative estimate of drug-likeness (QED) is 0.314. The predicted octanol–water partition coefficient (Wildman–Crippen LogP) is 3.29. The van der Waals surface area contributed by atoms with Crippen LogP contribution in [0.1, 0.15) is 0 Å². The van der Waals surface area contributed by atoms with Crippen LogP contribution in [0.25, 0.3) is 22.2 Å². The maximum atomic E-state index is 11.7. The summed E-state index contributed by atoms with van der Waals surface area (Å²) in [7, 11) is 0. The lowest BCUT2D eigenvalue weighted by atomic mass is 10.1. The largest absolute Gasteiger partial charge is 0.618 e. The molecule has 0 N–H and O–H groups in total. The molecule has 100 valence electrons. The number of fused-ring (bicyclic) bond motifs is 1. The second-order valence-corrected chi connectivity index (χ2v) is 4.55. The van der Waals surface area contributed by atoms with E-state index >= 15 is 0 Å². The maximum absolute atomic E-state index is 11.7. The van der Waals surface area contributed by atoms with Crippen LogP contribution in [0.15, 0.2) is 47.0 Å². The number of hydrogen-bond acceptors (Lipinski definition) is 4. The third kappa shape index (κ3) is 1.96. The minimum absolute atomic E-state index is 0.324. The normalized spacial score (nSPS) is 10.8. The molecule has 0 unspecified atom stereocenters. The van der Waals surface area contributed by atoms with Crippen molar-refractivity contribution in [2.24, 2.45) is 0 Å². The smallest absolute Gasteiger partial charge is 0.433 e. The molecule has 0 spiro atoms. The molecule has 3 rings (SSSR count). The van der Waals surface area contributed by atoms with Crippen molar-refractivity contribution in [3.05, 3.63) is 62.9 Å². The molecule has 0 aliphatic carbocycles. The van der Waals surface area contributed by atoms with Crippen LogP contribution in [-0.4, -0.2) is 4.92 Å². The standard InChI is InChI=1S/C13H7ClN2O4/c14-8-1-2-9-10(5-6-15(17)11(9)7-8)12-3-4-13(20-12)16(18)19/h1-7H. The van der Waals surface area contributed by atoms with Crippen LogP contribution in [-0.2, 0) is 0 Å². The Labute approximate surface area is 117 Å². The van der Waals surface area contributed by atoms with E-state index in [2.05, 4.69) is 0 Å². The van der Waals surface area contributed by atoms with Crippen LogP contribution in [0, 0.1) is 15.3 Å². The fourth-order valence-electron chi connectivity index (χ4n) is 2.01. The zero-order valence-corrected chi connectivity index (χ0v) is 10.7. The number of nitrogens with zero attached hydrogens (tertiary/aromatic N) is 2. The molecule has 2 heterocycles. The average molecular weight is 291 g/mol. The molecule has 0 saturated carbocycles. The van der Waals surface area contributed by atoms with Crippen molar-refractivity contribution in [3.8, 4) is 11.3 Å². The first-order chi connectivity index (χ1) is 9.56. The second-order valence-electron chi connectivity index (χ2n) is 4.11. The molecule has 0 saturated heterocycles. The molecular weight excluding hydrogens is 284 g/mol. The van der Waals surface area contributed by atoms with Gasteiger partial charge in [0, 0.05) is 22.7 Å². The third-order valence-corrected chi connectivity index (χ3v) is 3.14. The first-order valence-corrected chi connectivity index (χ1v) is 6.00. The van der Waals surface area contributed by atoms with Gasteiger partial charge in [0.2, 0.25) is 5.52 Å². The molecule has 3 aromatic rings. The lowest BCUT2D eigenvalue weighted by Crippen LogP contribution is -2.26. The summed E-state index contributed by atoms with van der Waals surface area (Å²) in [4.78, 5) is 10.0. The zero-order valence-electron chi connectivity index (χ0n) is 9.95. The number of pyridine rings is 1. The van der Waals surface area contributed by atoms with E-state index in [1.807, 2.05) is 0 Å². The average Bonchev–Trinajstić information content (AvgIpc) is 2.89. The van der Waals surface area contributed by atoms with Gasteiger partial charge in [0.1, 0.15) is 10.7 Å². The van der Waals surface area contributed by atoms with E-state index in [0.29, 0.717) is 32.0 Å². The fourth-order valence-corrected chi connectivity index (χ4v) is 2.18. The summed E-state index contributed by atoms with van der Waals surface area (Å²) < 4.78 is 5.85. The van der Waals surface area contributed by atoms with Crippen LogP contribution >= 0.6 is 11.6 Å². The van der Waals surface area contributed by atoms with Gasteiger partial charge in [0.25, 0.3) is 0 Å². The lowest BCUT2D eigenvalue weighted by Gasteiger charge is -2.05. The number of aromatic nitrogens is 1. The molecule has 1 aromatic carbocycles. The Hall–Kier alpha value is -2.60. The molecule has 2 aromatic heterocycles. The van der Waals surface area contributed by atoms with Gasteiger partial charge in [-0.3, -0.25) is 10.1 Å². The van der Waals surface area contributed by atoms with Gasteiger partial charge in [0.15, 0.2) is 6.20 Å². The Kier molecular flexibility index (Phi) is 2.80.